The standard InChI is InChI=1S/C17H26N2O2.ClH/c1-12-6-4-5-7-16(12)14-8-13(2)19(11-14)17(20)9-15(10-18)21-3;/h4-7,13-15H,8-11,18H2,1-3H3;1H. The van der Waals surface area contributed by atoms with E-state index in [9.17, 15) is 4.79 Å². The Balaban J connectivity index is 0.00000242. The number of methoxy groups -OCH3 is 1. The molecule has 124 valence electrons. The molecule has 22 heavy (non-hydrogen) atoms. The van der Waals surface area contributed by atoms with Gasteiger partial charge in [-0.25, -0.2) is 0 Å². The number of carbonyl (C=O) groups excluding carboxylic acids is 1. The number of hydrogen-bond acceptors (Lipinski definition) is 3. The molecule has 0 bridgehead atoms. The molecule has 1 saturated heterocycles. The highest BCUT2D eigenvalue weighted by molar-refractivity contribution is 5.85. The summed E-state index contributed by atoms with van der Waals surface area (Å²) in [4.78, 5) is 14.4. The number of ether oxygens (including phenoxy) is 1. The number of nitrogens with two attached hydrogens (primary N) is 1. The fourth-order valence-corrected chi connectivity index (χ4v) is 3.22. The maximum atomic E-state index is 12.4. The van der Waals surface area contributed by atoms with Crippen molar-refractivity contribution in [3.8, 4) is 0 Å². The summed E-state index contributed by atoms with van der Waals surface area (Å²) >= 11 is 0. The first-order valence-corrected chi connectivity index (χ1v) is 7.64. The number of nitrogens with zero attached hydrogens (tertiary/aromatic N) is 1. The highest BCUT2D eigenvalue weighted by atomic mass is 35.5. The zero-order valence-corrected chi connectivity index (χ0v) is 14.4. The third-order valence-corrected chi connectivity index (χ3v) is 4.52. The van der Waals surface area contributed by atoms with Crippen molar-refractivity contribution in [3.63, 3.8) is 0 Å². The van der Waals surface area contributed by atoms with Crippen LogP contribution in [0.3, 0.4) is 0 Å². The van der Waals surface area contributed by atoms with Crippen LogP contribution in [-0.4, -0.2) is 43.2 Å². The summed E-state index contributed by atoms with van der Waals surface area (Å²) in [6.07, 6.45) is 1.22. The molecule has 0 aromatic heterocycles. The molecule has 1 aliphatic rings. The van der Waals surface area contributed by atoms with Crippen molar-refractivity contribution < 1.29 is 9.53 Å². The van der Waals surface area contributed by atoms with Crippen LogP contribution < -0.4 is 5.73 Å². The van der Waals surface area contributed by atoms with Gasteiger partial charge in [-0.2, -0.15) is 0 Å². The second-order valence-corrected chi connectivity index (χ2v) is 5.98. The Bertz CT molecular complexity index is 491. The molecule has 1 aliphatic heterocycles. The molecule has 0 aliphatic carbocycles. The Hall–Kier alpha value is -1.10. The van der Waals surface area contributed by atoms with Crippen molar-refractivity contribution in [2.75, 3.05) is 20.2 Å². The molecule has 1 amide bonds. The van der Waals surface area contributed by atoms with E-state index in [-0.39, 0.29) is 30.5 Å². The lowest BCUT2D eigenvalue weighted by Gasteiger charge is -2.23. The van der Waals surface area contributed by atoms with E-state index in [2.05, 4.69) is 38.1 Å². The molecule has 3 atom stereocenters. The van der Waals surface area contributed by atoms with E-state index in [1.54, 1.807) is 7.11 Å². The first-order chi connectivity index (χ1) is 10.1. The van der Waals surface area contributed by atoms with E-state index in [1.165, 1.54) is 11.1 Å². The van der Waals surface area contributed by atoms with Crippen LogP contribution in [0.2, 0.25) is 0 Å². The van der Waals surface area contributed by atoms with Gasteiger partial charge < -0.3 is 15.4 Å². The van der Waals surface area contributed by atoms with Gasteiger partial charge in [-0.15, -0.1) is 12.4 Å². The normalized spacial score (nSPS) is 22.3. The molecular weight excluding hydrogens is 300 g/mol. The van der Waals surface area contributed by atoms with Crippen LogP contribution in [0.5, 0.6) is 0 Å². The molecule has 2 rings (SSSR count). The van der Waals surface area contributed by atoms with Gasteiger partial charge in [-0.3, -0.25) is 4.79 Å². The van der Waals surface area contributed by atoms with Crippen LogP contribution >= 0.6 is 12.4 Å². The summed E-state index contributed by atoms with van der Waals surface area (Å²) in [5.41, 5.74) is 8.28. The predicted octanol–water partition coefficient (Wildman–Crippen LogP) is 2.49. The maximum Gasteiger partial charge on any atom is 0.225 e. The second kappa shape index (κ2) is 8.51. The Morgan fingerprint density at radius 2 is 2.14 bits per heavy atom. The number of aryl methyl sites for hydroxylation is 1. The first-order valence-electron chi connectivity index (χ1n) is 7.64. The smallest absolute Gasteiger partial charge is 0.225 e. The number of benzene rings is 1. The molecule has 1 fully saturated rings. The average molecular weight is 327 g/mol. The molecule has 5 heteroatoms. The number of rotatable bonds is 5. The number of halogens is 1. The Labute approximate surface area is 139 Å². The van der Waals surface area contributed by atoms with E-state index in [0.717, 1.165) is 13.0 Å². The summed E-state index contributed by atoms with van der Waals surface area (Å²) in [7, 11) is 1.61. The van der Waals surface area contributed by atoms with Gasteiger partial charge in [0.15, 0.2) is 0 Å². The Morgan fingerprint density at radius 3 is 2.73 bits per heavy atom. The highest BCUT2D eigenvalue weighted by Gasteiger charge is 2.34. The first kappa shape index (κ1) is 18.9. The van der Waals surface area contributed by atoms with Crippen molar-refractivity contribution in [3.05, 3.63) is 35.4 Å². The lowest BCUT2D eigenvalue weighted by Crippen LogP contribution is -2.38. The van der Waals surface area contributed by atoms with Crippen LogP contribution in [-0.2, 0) is 9.53 Å². The second-order valence-electron chi connectivity index (χ2n) is 5.98. The molecule has 4 nitrogen and oxygen atoms in total. The Morgan fingerprint density at radius 1 is 1.45 bits per heavy atom. The molecular formula is C17H27ClN2O2. The van der Waals surface area contributed by atoms with Crippen molar-refractivity contribution in [2.24, 2.45) is 5.73 Å². The molecule has 0 spiro atoms. The molecule has 0 radical (unpaired) electrons. The summed E-state index contributed by atoms with van der Waals surface area (Å²) in [5.74, 6) is 0.583. The minimum Gasteiger partial charge on any atom is -0.380 e. The molecule has 3 unspecified atom stereocenters. The van der Waals surface area contributed by atoms with Crippen LogP contribution in [0.4, 0.5) is 0 Å². The number of carbonyl (C=O) groups is 1. The van der Waals surface area contributed by atoms with Gasteiger partial charge in [0.1, 0.15) is 0 Å². The third kappa shape index (κ3) is 4.22. The van der Waals surface area contributed by atoms with Crippen molar-refractivity contribution in [2.45, 2.75) is 44.8 Å². The third-order valence-electron chi connectivity index (χ3n) is 4.52. The van der Waals surface area contributed by atoms with Crippen molar-refractivity contribution in [1.29, 1.82) is 0 Å². The van der Waals surface area contributed by atoms with Crippen LogP contribution in [0.15, 0.2) is 24.3 Å². The fourth-order valence-electron chi connectivity index (χ4n) is 3.22. The van der Waals surface area contributed by atoms with E-state index in [0.29, 0.717) is 18.9 Å². The summed E-state index contributed by atoms with van der Waals surface area (Å²) in [6, 6.07) is 8.73. The van der Waals surface area contributed by atoms with Crippen LogP contribution in [0, 0.1) is 6.92 Å². The molecule has 2 N–H and O–H groups in total. The topological polar surface area (TPSA) is 55.6 Å². The van der Waals surface area contributed by atoms with Gasteiger partial charge in [0.25, 0.3) is 0 Å². The van der Waals surface area contributed by atoms with Crippen molar-refractivity contribution >= 4 is 18.3 Å². The van der Waals surface area contributed by atoms with Gasteiger partial charge in [-0.05, 0) is 31.4 Å². The minimum absolute atomic E-state index is 0. The average Bonchev–Trinajstić information content (AvgIpc) is 2.87. The predicted molar refractivity (Wildman–Crippen MR) is 91.4 cm³/mol. The van der Waals surface area contributed by atoms with E-state index >= 15 is 0 Å². The Kier molecular flexibility index (Phi) is 7.33. The van der Waals surface area contributed by atoms with E-state index in [4.69, 9.17) is 10.5 Å². The zero-order chi connectivity index (χ0) is 15.4. The lowest BCUT2D eigenvalue weighted by atomic mass is 9.93. The monoisotopic (exact) mass is 326 g/mol. The van der Waals surface area contributed by atoms with Gasteiger partial charge in [-0.1, -0.05) is 24.3 Å². The molecule has 1 aromatic rings. The largest absolute Gasteiger partial charge is 0.380 e. The van der Waals surface area contributed by atoms with Gasteiger partial charge in [0.05, 0.1) is 12.5 Å². The van der Waals surface area contributed by atoms with E-state index < -0.39 is 0 Å². The fraction of sp³-hybridized carbons (Fsp3) is 0.588. The van der Waals surface area contributed by atoms with Gasteiger partial charge in [0.2, 0.25) is 5.91 Å². The highest BCUT2D eigenvalue weighted by Crippen LogP contribution is 2.33. The summed E-state index contributed by atoms with van der Waals surface area (Å²) in [6.45, 7) is 5.44. The SMILES string of the molecule is COC(CN)CC(=O)N1CC(c2ccccc2C)CC1C.Cl. The minimum atomic E-state index is -0.179. The summed E-state index contributed by atoms with van der Waals surface area (Å²) in [5, 5.41) is 0. The molecule has 1 aromatic carbocycles. The van der Waals surface area contributed by atoms with Crippen LogP contribution in [0.1, 0.15) is 36.8 Å². The summed E-state index contributed by atoms with van der Waals surface area (Å²) < 4.78 is 5.22. The van der Waals surface area contributed by atoms with Gasteiger partial charge >= 0.3 is 0 Å². The van der Waals surface area contributed by atoms with Gasteiger partial charge in [0, 0.05) is 32.2 Å². The maximum absolute atomic E-state index is 12.4. The van der Waals surface area contributed by atoms with E-state index in [1.807, 2.05) is 4.90 Å². The quantitative estimate of drug-likeness (QED) is 0.904. The number of hydrogen-bond donors (Lipinski definition) is 1. The lowest BCUT2D eigenvalue weighted by molar-refractivity contribution is -0.134. The van der Waals surface area contributed by atoms with Crippen molar-refractivity contribution in [1.82, 2.24) is 4.90 Å². The zero-order valence-electron chi connectivity index (χ0n) is 13.6. The molecule has 1 heterocycles. The van der Waals surface area contributed by atoms with Crippen LogP contribution in [0.25, 0.3) is 0 Å². The number of likely N-dealkylation sites (tertiary alicyclic amines) is 1. The number of amides is 1. The molecule has 0 saturated carbocycles.